The van der Waals surface area contributed by atoms with Gasteiger partial charge in [0.25, 0.3) is 0 Å². The number of hydrogen-bond acceptors (Lipinski definition) is 2. The molecule has 2 nitrogen and oxygen atoms in total. The monoisotopic (exact) mass is 283 g/mol. The van der Waals surface area contributed by atoms with E-state index in [-0.39, 0.29) is 11.1 Å². The topological polar surface area (TPSA) is 26.0 Å². The summed E-state index contributed by atoms with van der Waals surface area (Å²) in [5.74, 6) is -5.10. The second kappa shape index (κ2) is 4.14. The maximum atomic E-state index is 12.5. The van der Waals surface area contributed by atoms with Crippen molar-refractivity contribution in [3.63, 3.8) is 0 Å². The molecule has 2 rings (SSSR count). The van der Waals surface area contributed by atoms with Crippen LogP contribution in [0.1, 0.15) is 17.4 Å². The van der Waals surface area contributed by atoms with Gasteiger partial charge in [-0.1, -0.05) is 12.1 Å². The molecule has 0 aliphatic heterocycles. The summed E-state index contributed by atoms with van der Waals surface area (Å²) < 4.78 is 79.7. The molecule has 104 valence electrons. The first kappa shape index (κ1) is 13.7. The van der Waals surface area contributed by atoms with E-state index < -0.39 is 24.2 Å². The maximum absolute atomic E-state index is 12.5. The van der Waals surface area contributed by atoms with Crippen LogP contribution in [-0.2, 0) is 0 Å². The summed E-state index contributed by atoms with van der Waals surface area (Å²) in [6, 6.07) is 4.27. The summed E-state index contributed by atoms with van der Waals surface area (Å²) in [5.41, 5.74) is 0.309. The number of oxazole rings is 1. The molecule has 1 heterocycles. The quantitative estimate of drug-likeness (QED) is 0.727. The zero-order valence-electron chi connectivity index (χ0n) is 9.43. The number of benzene rings is 1. The van der Waals surface area contributed by atoms with Gasteiger partial charge in [-0.25, -0.2) is 4.98 Å². The van der Waals surface area contributed by atoms with Gasteiger partial charge >= 0.3 is 12.4 Å². The Morgan fingerprint density at radius 3 is 2.11 bits per heavy atom. The highest BCUT2D eigenvalue weighted by atomic mass is 19.4. The van der Waals surface area contributed by atoms with Crippen molar-refractivity contribution in [3.05, 3.63) is 29.7 Å². The number of rotatable bonds is 1. The molecule has 0 radical (unpaired) electrons. The molecule has 19 heavy (non-hydrogen) atoms. The second-order valence-corrected chi connectivity index (χ2v) is 3.99. The van der Waals surface area contributed by atoms with E-state index in [4.69, 9.17) is 0 Å². The highest BCUT2D eigenvalue weighted by molar-refractivity contribution is 5.76. The van der Waals surface area contributed by atoms with Crippen LogP contribution in [0, 0.1) is 6.92 Å². The third kappa shape index (κ3) is 2.52. The summed E-state index contributed by atoms with van der Waals surface area (Å²) in [6.07, 6.45) is -11.0. The molecule has 0 spiro atoms. The molecule has 0 saturated carbocycles. The zero-order valence-corrected chi connectivity index (χ0v) is 9.43. The first-order valence-corrected chi connectivity index (χ1v) is 5.10. The minimum Gasteiger partial charge on any atom is -0.439 e. The molecule has 8 heteroatoms. The Morgan fingerprint density at radius 1 is 1.05 bits per heavy atom. The molecule has 0 fully saturated rings. The Balaban J connectivity index is 2.61. The van der Waals surface area contributed by atoms with Gasteiger partial charge in [0, 0.05) is 0 Å². The van der Waals surface area contributed by atoms with Crippen LogP contribution in [0.3, 0.4) is 0 Å². The van der Waals surface area contributed by atoms with Gasteiger partial charge in [0.2, 0.25) is 11.8 Å². The van der Waals surface area contributed by atoms with Crippen molar-refractivity contribution >= 4 is 11.1 Å². The molecule has 0 saturated heterocycles. The molecule has 0 N–H and O–H groups in total. The highest BCUT2D eigenvalue weighted by Crippen LogP contribution is 2.46. The number of fused-ring (bicyclic) bond motifs is 1. The lowest BCUT2D eigenvalue weighted by molar-refractivity contribution is -0.258. The summed E-state index contributed by atoms with van der Waals surface area (Å²) in [6.45, 7) is 1.51. The van der Waals surface area contributed by atoms with Crippen molar-refractivity contribution < 1.29 is 30.8 Å². The lowest BCUT2D eigenvalue weighted by atomic mass is 10.1. The lowest BCUT2D eigenvalue weighted by Gasteiger charge is -2.19. The van der Waals surface area contributed by atoms with E-state index in [1.807, 2.05) is 0 Å². The van der Waals surface area contributed by atoms with Crippen LogP contribution in [0.4, 0.5) is 26.3 Å². The van der Waals surface area contributed by atoms with E-state index >= 15 is 0 Å². The molecule has 0 atom stereocenters. The Morgan fingerprint density at radius 2 is 1.63 bits per heavy atom. The minimum absolute atomic E-state index is 0.0338. The Kier molecular flexibility index (Phi) is 2.98. The van der Waals surface area contributed by atoms with Crippen LogP contribution < -0.4 is 0 Å². The molecule has 0 aliphatic carbocycles. The highest BCUT2D eigenvalue weighted by Gasteiger charge is 2.60. The SMILES string of the molecule is Cc1cccc2nc(C(C(F)(F)F)C(F)(F)F)oc12. The fraction of sp³-hybridized carbons (Fsp3) is 0.364. The van der Waals surface area contributed by atoms with Crippen molar-refractivity contribution in [1.82, 2.24) is 4.98 Å². The first-order valence-electron chi connectivity index (χ1n) is 5.10. The maximum Gasteiger partial charge on any atom is 0.409 e. The fourth-order valence-corrected chi connectivity index (χ4v) is 1.69. The number of aromatic nitrogens is 1. The molecule has 2 aromatic rings. The van der Waals surface area contributed by atoms with Crippen LogP contribution in [0.5, 0.6) is 0 Å². The number of alkyl halides is 6. The van der Waals surface area contributed by atoms with E-state index in [0.29, 0.717) is 5.56 Å². The normalized spacial score (nSPS) is 13.5. The van der Waals surface area contributed by atoms with Gasteiger partial charge in [-0.2, -0.15) is 26.3 Å². The number of nitrogens with zero attached hydrogens (tertiary/aromatic N) is 1. The standard InChI is InChI=1S/C11H7F6NO/c1-5-3-2-4-6-7(5)19-9(18-6)8(10(12,13)14)11(15,16)17/h2-4,8H,1H3. The average Bonchev–Trinajstić information content (AvgIpc) is 2.57. The largest absolute Gasteiger partial charge is 0.439 e. The van der Waals surface area contributed by atoms with Gasteiger partial charge in [0.15, 0.2) is 5.58 Å². The molecular weight excluding hydrogens is 276 g/mol. The van der Waals surface area contributed by atoms with Crippen molar-refractivity contribution in [2.24, 2.45) is 0 Å². The van der Waals surface area contributed by atoms with Crippen molar-refractivity contribution in [2.75, 3.05) is 0 Å². The van der Waals surface area contributed by atoms with Crippen LogP contribution in [0.15, 0.2) is 22.6 Å². The van der Waals surface area contributed by atoms with E-state index in [0.717, 1.165) is 0 Å². The predicted octanol–water partition coefficient (Wildman–Crippen LogP) is 4.34. The summed E-state index contributed by atoms with van der Waals surface area (Å²) in [5, 5.41) is 0. The molecule has 1 aromatic carbocycles. The lowest BCUT2D eigenvalue weighted by Crippen LogP contribution is -2.34. The molecule has 0 bridgehead atoms. The molecular formula is C11H7F6NO. The van der Waals surface area contributed by atoms with Crippen LogP contribution in [0.25, 0.3) is 11.1 Å². The van der Waals surface area contributed by atoms with Gasteiger partial charge in [-0.3, -0.25) is 0 Å². The molecule has 1 aromatic heterocycles. The third-order valence-corrected chi connectivity index (χ3v) is 2.53. The first-order chi connectivity index (χ1) is 8.60. The van der Waals surface area contributed by atoms with Gasteiger partial charge in [0.05, 0.1) is 0 Å². The average molecular weight is 283 g/mol. The van der Waals surface area contributed by atoms with Gasteiger partial charge < -0.3 is 4.42 Å². The fourth-order valence-electron chi connectivity index (χ4n) is 1.69. The third-order valence-electron chi connectivity index (χ3n) is 2.53. The predicted molar refractivity (Wildman–Crippen MR) is 53.6 cm³/mol. The smallest absolute Gasteiger partial charge is 0.409 e. The Labute approximate surface area is 103 Å². The second-order valence-electron chi connectivity index (χ2n) is 3.99. The van der Waals surface area contributed by atoms with E-state index in [2.05, 4.69) is 9.40 Å². The van der Waals surface area contributed by atoms with Gasteiger partial charge in [0.1, 0.15) is 5.52 Å². The number of halogens is 6. The Bertz CT molecular complexity index is 583. The van der Waals surface area contributed by atoms with E-state index in [1.165, 1.54) is 25.1 Å². The molecule has 0 amide bonds. The molecule has 0 unspecified atom stereocenters. The van der Waals surface area contributed by atoms with Crippen molar-refractivity contribution in [1.29, 1.82) is 0 Å². The van der Waals surface area contributed by atoms with Gasteiger partial charge in [-0.05, 0) is 18.6 Å². The summed E-state index contributed by atoms with van der Waals surface area (Å²) in [7, 11) is 0. The van der Waals surface area contributed by atoms with E-state index in [1.54, 1.807) is 0 Å². The van der Waals surface area contributed by atoms with Crippen molar-refractivity contribution in [2.45, 2.75) is 25.2 Å². The number of hydrogen-bond donors (Lipinski definition) is 0. The Hall–Kier alpha value is -1.73. The van der Waals surface area contributed by atoms with Crippen LogP contribution >= 0.6 is 0 Å². The number of para-hydroxylation sites is 1. The summed E-state index contributed by atoms with van der Waals surface area (Å²) >= 11 is 0. The van der Waals surface area contributed by atoms with E-state index in [9.17, 15) is 26.3 Å². The van der Waals surface area contributed by atoms with Gasteiger partial charge in [-0.15, -0.1) is 0 Å². The van der Waals surface area contributed by atoms with Crippen LogP contribution in [-0.4, -0.2) is 17.3 Å². The summed E-state index contributed by atoms with van der Waals surface area (Å²) in [4.78, 5) is 3.30. The zero-order chi connectivity index (χ0) is 14.4. The van der Waals surface area contributed by atoms with Crippen molar-refractivity contribution in [3.8, 4) is 0 Å². The molecule has 0 aliphatic rings. The minimum atomic E-state index is -5.51. The van der Waals surface area contributed by atoms with Crippen LogP contribution in [0.2, 0.25) is 0 Å². The number of aryl methyl sites for hydroxylation is 1.